The third-order valence-electron chi connectivity index (χ3n) is 3.85. The van der Waals surface area contributed by atoms with Crippen molar-refractivity contribution >= 4 is 5.91 Å². The zero-order chi connectivity index (χ0) is 13.4. The highest BCUT2D eigenvalue weighted by molar-refractivity contribution is 5.85. The SMILES string of the molecule is CC(C)CCCNC(=O)C1(C#N)CCCCCC1. The van der Waals surface area contributed by atoms with Gasteiger partial charge in [-0.2, -0.15) is 5.26 Å². The monoisotopic (exact) mass is 250 g/mol. The molecule has 3 heteroatoms. The first-order valence-corrected chi connectivity index (χ1v) is 7.30. The van der Waals surface area contributed by atoms with E-state index >= 15 is 0 Å². The summed E-state index contributed by atoms with van der Waals surface area (Å²) in [5.41, 5.74) is -0.742. The molecule has 0 aromatic rings. The van der Waals surface area contributed by atoms with Gasteiger partial charge in [0.1, 0.15) is 5.41 Å². The fourth-order valence-corrected chi connectivity index (χ4v) is 2.60. The summed E-state index contributed by atoms with van der Waals surface area (Å²) >= 11 is 0. The molecule has 3 nitrogen and oxygen atoms in total. The first-order valence-electron chi connectivity index (χ1n) is 7.30. The second kappa shape index (κ2) is 7.41. The largest absolute Gasteiger partial charge is 0.355 e. The Morgan fingerprint density at radius 3 is 2.39 bits per heavy atom. The fraction of sp³-hybridized carbons (Fsp3) is 0.867. The number of carbonyl (C=O) groups excluding carboxylic acids is 1. The van der Waals surface area contributed by atoms with Crippen LogP contribution in [0.15, 0.2) is 0 Å². The summed E-state index contributed by atoms with van der Waals surface area (Å²) < 4.78 is 0. The number of nitriles is 1. The Hall–Kier alpha value is -1.04. The third kappa shape index (κ3) is 4.33. The summed E-state index contributed by atoms with van der Waals surface area (Å²) in [5, 5.41) is 12.3. The van der Waals surface area contributed by atoms with Crippen molar-refractivity contribution in [2.75, 3.05) is 6.54 Å². The highest BCUT2D eigenvalue weighted by Crippen LogP contribution is 2.34. The molecule has 1 saturated carbocycles. The van der Waals surface area contributed by atoms with Gasteiger partial charge in [-0.15, -0.1) is 0 Å². The molecular weight excluding hydrogens is 224 g/mol. The molecule has 1 N–H and O–H groups in total. The predicted octanol–water partition coefficient (Wildman–Crippen LogP) is 3.40. The number of carbonyl (C=O) groups is 1. The number of amides is 1. The minimum absolute atomic E-state index is 0.0318. The molecular formula is C15H26N2O. The Kier molecular flexibility index (Phi) is 6.18. The molecule has 0 atom stereocenters. The van der Waals surface area contributed by atoms with Crippen LogP contribution in [0, 0.1) is 22.7 Å². The normalized spacial score (nSPS) is 19.0. The summed E-state index contributed by atoms with van der Waals surface area (Å²) in [4.78, 5) is 12.2. The number of nitrogens with zero attached hydrogens (tertiary/aromatic N) is 1. The second-order valence-corrected chi connectivity index (χ2v) is 5.90. The lowest BCUT2D eigenvalue weighted by Crippen LogP contribution is -2.40. The van der Waals surface area contributed by atoms with Crippen LogP contribution in [0.3, 0.4) is 0 Å². The second-order valence-electron chi connectivity index (χ2n) is 5.90. The summed E-state index contributed by atoms with van der Waals surface area (Å²) in [6.07, 6.45) is 7.93. The number of nitrogens with one attached hydrogen (secondary N) is 1. The van der Waals surface area contributed by atoms with Crippen molar-refractivity contribution < 1.29 is 4.79 Å². The van der Waals surface area contributed by atoms with Crippen molar-refractivity contribution in [3.8, 4) is 6.07 Å². The highest BCUT2D eigenvalue weighted by Gasteiger charge is 2.38. The summed E-state index contributed by atoms with van der Waals surface area (Å²) in [6, 6.07) is 2.29. The van der Waals surface area contributed by atoms with Gasteiger partial charge in [-0.25, -0.2) is 0 Å². The van der Waals surface area contributed by atoms with Crippen molar-refractivity contribution in [2.45, 2.75) is 65.2 Å². The molecule has 1 aliphatic rings. The van der Waals surface area contributed by atoms with Crippen molar-refractivity contribution in [3.63, 3.8) is 0 Å². The van der Waals surface area contributed by atoms with Crippen LogP contribution >= 0.6 is 0 Å². The van der Waals surface area contributed by atoms with Crippen LogP contribution in [0.25, 0.3) is 0 Å². The highest BCUT2D eigenvalue weighted by atomic mass is 16.2. The maximum absolute atomic E-state index is 12.2. The minimum atomic E-state index is -0.742. The predicted molar refractivity (Wildman–Crippen MR) is 72.8 cm³/mol. The average Bonchev–Trinajstić information content (AvgIpc) is 2.60. The number of hydrogen-bond acceptors (Lipinski definition) is 2. The van der Waals surface area contributed by atoms with Gasteiger partial charge in [-0.05, 0) is 31.6 Å². The Bertz CT molecular complexity index is 296. The van der Waals surface area contributed by atoms with Crippen molar-refractivity contribution in [1.29, 1.82) is 5.26 Å². The third-order valence-corrected chi connectivity index (χ3v) is 3.85. The molecule has 0 radical (unpaired) electrons. The van der Waals surface area contributed by atoms with E-state index in [1.165, 1.54) is 0 Å². The van der Waals surface area contributed by atoms with Crippen LogP contribution < -0.4 is 5.32 Å². The van der Waals surface area contributed by atoms with Crippen molar-refractivity contribution in [3.05, 3.63) is 0 Å². The molecule has 0 aromatic carbocycles. The topological polar surface area (TPSA) is 52.9 Å². The minimum Gasteiger partial charge on any atom is -0.355 e. The van der Waals surface area contributed by atoms with Crippen LogP contribution in [0.4, 0.5) is 0 Å². The zero-order valence-corrected chi connectivity index (χ0v) is 11.8. The first-order chi connectivity index (χ1) is 8.60. The van der Waals surface area contributed by atoms with Crippen LogP contribution in [0.2, 0.25) is 0 Å². The summed E-state index contributed by atoms with van der Waals surface area (Å²) in [6.45, 7) is 5.08. The maximum atomic E-state index is 12.2. The summed E-state index contributed by atoms with van der Waals surface area (Å²) in [5.74, 6) is 0.639. The fourth-order valence-electron chi connectivity index (χ4n) is 2.60. The molecule has 0 spiro atoms. The van der Waals surface area contributed by atoms with Gasteiger partial charge < -0.3 is 5.32 Å². The Morgan fingerprint density at radius 2 is 1.89 bits per heavy atom. The van der Waals surface area contributed by atoms with Crippen molar-refractivity contribution in [1.82, 2.24) is 5.32 Å². The van der Waals surface area contributed by atoms with E-state index in [-0.39, 0.29) is 5.91 Å². The summed E-state index contributed by atoms with van der Waals surface area (Å²) in [7, 11) is 0. The first kappa shape index (κ1) is 15.0. The lowest BCUT2D eigenvalue weighted by molar-refractivity contribution is -0.128. The quantitative estimate of drug-likeness (QED) is 0.600. The molecule has 18 heavy (non-hydrogen) atoms. The van der Waals surface area contributed by atoms with E-state index in [0.717, 1.165) is 51.4 Å². The van der Waals surface area contributed by atoms with Gasteiger partial charge in [0.05, 0.1) is 6.07 Å². The van der Waals surface area contributed by atoms with E-state index in [0.29, 0.717) is 12.5 Å². The molecule has 1 fully saturated rings. The van der Waals surface area contributed by atoms with Gasteiger partial charge >= 0.3 is 0 Å². The van der Waals surface area contributed by atoms with Gasteiger partial charge in [-0.1, -0.05) is 39.5 Å². The molecule has 1 aliphatic carbocycles. The maximum Gasteiger partial charge on any atom is 0.240 e. The van der Waals surface area contributed by atoms with Gasteiger partial charge in [0.25, 0.3) is 0 Å². The van der Waals surface area contributed by atoms with E-state index in [4.69, 9.17) is 0 Å². The molecule has 0 saturated heterocycles. The average molecular weight is 250 g/mol. The van der Waals surface area contributed by atoms with Gasteiger partial charge in [-0.3, -0.25) is 4.79 Å². The zero-order valence-electron chi connectivity index (χ0n) is 11.8. The van der Waals surface area contributed by atoms with E-state index in [9.17, 15) is 10.1 Å². The van der Waals surface area contributed by atoms with Crippen molar-refractivity contribution in [2.24, 2.45) is 11.3 Å². The van der Waals surface area contributed by atoms with E-state index in [2.05, 4.69) is 25.2 Å². The van der Waals surface area contributed by atoms with Crippen LogP contribution in [-0.4, -0.2) is 12.5 Å². The van der Waals surface area contributed by atoms with Crippen LogP contribution in [0.1, 0.15) is 65.2 Å². The molecule has 1 amide bonds. The molecule has 0 unspecified atom stereocenters. The molecule has 0 aromatic heterocycles. The molecule has 1 rings (SSSR count). The van der Waals surface area contributed by atoms with Gasteiger partial charge in [0.15, 0.2) is 0 Å². The number of hydrogen-bond donors (Lipinski definition) is 1. The van der Waals surface area contributed by atoms with E-state index < -0.39 is 5.41 Å². The van der Waals surface area contributed by atoms with Gasteiger partial charge in [0, 0.05) is 6.54 Å². The van der Waals surface area contributed by atoms with Crippen LogP contribution in [0.5, 0.6) is 0 Å². The lowest BCUT2D eigenvalue weighted by Gasteiger charge is -2.23. The Morgan fingerprint density at radius 1 is 1.28 bits per heavy atom. The van der Waals surface area contributed by atoms with E-state index in [1.807, 2.05) is 0 Å². The van der Waals surface area contributed by atoms with Gasteiger partial charge in [0.2, 0.25) is 5.91 Å². The Balaban J connectivity index is 2.44. The van der Waals surface area contributed by atoms with E-state index in [1.54, 1.807) is 0 Å². The number of rotatable bonds is 5. The standard InChI is InChI=1S/C15H26N2O/c1-13(2)8-7-11-17-14(18)15(12-16)9-5-3-4-6-10-15/h13H,3-11H2,1-2H3,(H,17,18). The molecule has 102 valence electrons. The molecule has 0 bridgehead atoms. The smallest absolute Gasteiger partial charge is 0.240 e. The molecule has 0 heterocycles. The lowest BCUT2D eigenvalue weighted by atomic mass is 9.81. The molecule has 0 aliphatic heterocycles. The van der Waals surface area contributed by atoms with Crippen LogP contribution in [-0.2, 0) is 4.79 Å². The Labute approximate surface area is 111 Å².